The minimum Gasteiger partial charge on any atom is -0.341 e. The van der Waals surface area contributed by atoms with Crippen molar-refractivity contribution in [2.75, 3.05) is 7.05 Å². The number of hydrogen-bond acceptors (Lipinski definition) is 1. The first kappa shape index (κ1) is 14.6. The van der Waals surface area contributed by atoms with E-state index in [1.165, 1.54) is 0 Å². The van der Waals surface area contributed by atoms with Gasteiger partial charge in [0, 0.05) is 24.0 Å². The number of benzene rings is 1. The zero-order valence-corrected chi connectivity index (χ0v) is 13.9. The molecule has 1 aliphatic carbocycles. The van der Waals surface area contributed by atoms with Crippen LogP contribution in [0.15, 0.2) is 28.7 Å². The summed E-state index contributed by atoms with van der Waals surface area (Å²) in [6.45, 7) is 9.39. The standard InChI is InChI=1S/C16H22BrNO/c1-15(2)13(16(15,3)4)14(19)18(5)10-11-8-6-7-9-12(11)17/h6-9,13H,10H2,1-5H3. The molecule has 0 saturated heterocycles. The maximum atomic E-state index is 12.6. The Kier molecular flexibility index (Phi) is 3.54. The Bertz CT molecular complexity index is 493. The molecule has 1 aliphatic rings. The van der Waals surface area contributed by atoms with Crippen molar-refractivity contribution < 1.29 is 4.79 Å². The second-order valence-electron chi connectivity index (χ2n) is 6.66. The Labute approximate surface area is 124 Å². The lowest BCUT2D eigenvalue weighted by Crippen LogP contribution is -2.29. The molecule has 0 unspecified atom stereocenters. The number of carbonyl (C=O) groups excluding carboxylic acids is 1. The summed E-state index contributed by atoms with van der Waals surface area (Å²) in [5.74, 6) is 0.387. The van der Waals surface area contributed by atoms with E-state index in [-0.39, 0.29) is 22.7 Å². The molecule has 0 aromatic heterocycles. The van der Waals surface area contributed by atoms with Gasteiger partial charge in [0.25, 0.3) is 0 Å². The van der Waals surface area contributed by atoms with E-state index in [0.717, 1.165) is 10.0 Å². The average molecular weight is 324 g/mol. The normalized spacial score (nSPS) is 20.1. The molecule has 3 heteroatoms. The van der Waals surface area contributed by atoms with Crippen LogP contribution in [-0.4, -0.2) is 17.9 Å². The van der Waals surface area contributed by atoms with Gasteiger partial charge in [0.2, 0.25) is 5.91 Å². The van der Waals surface area contributed by atoms with Crippen LogP contribution in [0.2, 0.25) is 0 Å². The van der Waals surface area contributed by atoms with Gasteiger partial charge in [0.05, 0.1) is 0 Å². The molecular formula is C16H22BrNO. The highest BCUT2D eigenvalue weighted by Crippen LogP contribution is 2.68. The van der Waals surface area contributed by atoms with E-state index in [9.17, 15) is 4.79 Å². The zero-order chi connectivity index (χ0) is 14.4. The molecule has 2 rings (SSSR count). The van der Waals surface area contributed by atoms with Crippen LogP contribution in [0.25, 0.3) is 0 Å². The third kappa shape index (κ3) is 2.33. The lowest BCUT2D eigenvalue weighted by atomic mass is 10.0. The molecule has 1 aromatic rings. The summed E-state index contributed by atoms with van der Waals surface area (Å²) in [5.41, 5.74) is 1.35. The largest absolute Gasteiger partial charge is 0.341 e. The maximum Gasteiger partial charge on any atom is 0.226 e. The minimum atomic E-state index is 0.103. The number of hydrogen-bond donors (Lipinski definition) is 0. The first-order valence-corrected chi connectivity index (χ1v) is 7.47. The van der Waals surface area contributed by atoms with Gasteiger partial charge in [-0.05, 0) is 22.5 Å². The van der Waals surface area contributed by atoms with Crippen LogP contribution in [-0.2, 0) is 11.3 Å². The lowest BCUT2D eigenvalue weighted by Gasteiger charge is -2.19. The van der Waals surface area contributed by atoms with Crippen molar-refractivity contribution in [1.29, 1.82) is 0 Å². The number of nitrogens with zero attached hydrogens (tertiary/aromatic N) is 1. The van der Waals surface area contributed by atoms with Crippen LogP contribution < -0.4 is 0 Å². The Morgan fingerprint density at radius 3 is 2.21 bits per heavy atom. The van der Waals surface area contributed by atoms with Crippen molar-refractivity contribution in [1.82, 2.24) is 4.90 Å². The second-order valence-corrected chi connectivity index (χ2v) is 7.52. The fourth-order valence-corrected chi connectivity index (χ4v) is 3.40. The molecule has 1 amide bonds. The molecule has 1 fully saturated rings. The summed E-state index contributed by atoms with van der Waals surface area (Å²) in [7, 11) is 1.90. The van der Waals surface area contributed by atoms with Crippen LogP contribution >= 0.6 is 15.9 Å². The SMILES string of the molecule is CN(Cc1ccccc1Br)C(=O)C1C(C)(C)C1(C)C. The van der Waals surface area contributed by atoms with Gasteiger partial charge >= 0.3 is 0 Å². The van der Waals surface area contributed by atoms with E-state index in [0.29, 0.717) is 6.54 Å². The molecule has 19 heavy (non-hydrogen) atoms. The van der Waals surface area contributed by atoms with Gasteiger partial charge in [0.1, 0.15) is 0 Å². The van der Waals surface area contributed by atoms with Crippen molar-refractivity contribution >= 4 is 21.8 Å². The smallest absolute Gasteiger partial charge is 0.226 e. The molecule has 0 heterocycles. The number of halogens is 1. The fourth-order valence-electron chi connectivity index (χ4n) is 2.99. The predicted molar refractivity (Wildman–Crippen MR) is 81.7 cm³/mol. The molecule has 2 nitrogen and oxygen atoms in total. The molecule has 0 spiro atoms. The second kappa shape index (κ2) is 4.62. The monoisotopic (exact) mass is 323 g/mol. The van der Waals surface area contributed by atoms with Gasteiger partial charge in [-0.3, -0.25) is 4.79 Å². The summed E-state index contributed by atoms with van der Waals surface area (Å²) in [6, 6.07) is 8.06. The molecule has 0 radical (unpaired) electrons. The van der Waals surface area contributed by atoms with E-state index in [1.54, 1.807) is 0 Å². The van der Waals surface area contributed by atoms with Gasteiger partial charge in [0.15, 0.2) is 0 Å². The van der Waals surface area contributed by atoms with E-state index >= 15 is 0 Å². The van der Waals surface area contributed by atoms with Gasteiger partial charge in [-0.1, -0.05) is 61.8 Å². The summed E-state index contributed by atoms with van der Waals surface area (Å²) in [4.78, 5) is 14.4. The molecule has 0 aliphatic heterocycles. The van der Waals surface area contributed by atoms with Crippen molar-refractivity contribution in [3.63, 3.8) is 0 Å². The van der Waals surface area contributed by atoms with Gasteiger partial charge in [-0.2, -0.15) is 0 Å². The van der Waals surface area contributed by atoms with Crippen LogP contribution in [0, 0.1) is 16.7 Å². The van der Waals surface area contributed by atoms with Crippen LogP contribution in [0.4, 0.5) is 0 Å². The van der Waals surface area contributed by atoms with E-state index in [1.807, 2.05) is 30.1 Å². The van der Waals surface area contributed by atoms with Crippen molar-refractivity contribution in [3.8, 4) is 0 Å². The number of rotatable bonds is 3. The number of carbonyl (C=O) groups is 1. The Balaban J connectivity index is 2.08. The third-order valence-corrected chi connectivity index (χ3v) is 5.78. The first-order chi connectivity index (χ1) is 8.69. The van der Waals surface area contributed by atoms with E-state index < -0.39 is 0 Å². The minimum absolute atomic E-state index is 0.103. The summed E-state index contributed by atoms with van der Waals surface area (Å²) in [5, 5.41) is 0. The van der Waals surface area contributed by atoms with Gasteiger partial charge in [-0.25, -0.2) is 0 Å². The summed E-state index contributed by atoms with van der Waals surface area (Å²) >= 11 is 3.53. The van der Waals surface area contributed by atoms with Crippen molar-refractivity contribution in [2.24, 2.45) is 16.7 Å². The summed E-state index contributed by atoms with van der Waals surface area (Å²) < 4.78 is 1.06. The van der Waals surface area contributed by atoms with Gasteiger partial charge in [-0.15, -0.1) is 0 Å². The highest BCUT2D eigenvalue weighted by molar-refractivity contribution is 9.10. The molecule has 1 aromatic carbocycles. The maximum absolute atomic E-state index is 12.6. The van der Waals surface area contributed by atoms with Crippen LogP contribution in [0.5, 0.6) is 0 Å². The van der Waals surface area contributed by atoms with Crippen LogP contribution in [0.1, 0.15) is 33.3 Å². The predicted octanol–water partition coefficient (Wildman–Crippen LogP) is 4.09. The van der Waals surface area contributed by atoms with Gasteiger partial charge < -0.3 is 4.90 Å². The molecule has 104 valence electrons. The number of amides is 1. The zero-order valence-electron chi connectivity index (χ0n) is 12.3. The van der Waals surface area contributed by atoms with Crippen molar-refractivity contribution in [2.45, 2.75) is 34.2 Å². The highest BCUT2D eigenvalue weighted by Gasteiger charge is 2.68. The average Bonchev–Trinajstić information content (AvgIpc) is 2.72. The highest BCUT2D eigenvalue weighted by atomic mass is 79.9. The Morgan fingerprint density at radius 2 is 1.74 bits per heavy atom. The Morgan fingerprint density at radius 1 is 1.21 bits per heavy atom. The van der Waals surface area contributed by atoms with Crippen LogP contribution in [0.3, 0.4) is 0 Å². The molecular weight excluding hydrogens is 302 g/mol. The topological polar surface area (TPSA) is 20.3 Å². The van der Waals surface area contributed by atoms with E-state index in [4.69, 9.17) is 0 Å². The quantitative estimate of drug-likeness (QED) is 0.820. The van der Waals surface area contributed by atoms with Crippen molar-refractivity contribution in [3.05, 3.63) is 34.3 Å². The first-order valence-electron chi connectivity index (χ1n) is 6.68. The third-order valence-electron chi connectivity index (χ3n) is 5.01. The molecule has 0 bridgehead atoms. The molecule has 0 atom stereocenters. The molecule has 0 N–H and O–H groups in total. The summed E-state index contributed by atoms with van der Waals surface area (Å²) in [6.07, 6.45) is 0. The Hall–Kier alpha value is -0.830. The molecule has 1 saturated carbocycles. The lowest BCUT2D eigenvalue weighted by molar-refractivity contribution is -0.133. The fraction of sp³-hybridized carbons (Fsp3) is 0.562. The van der Waals surface area contributed by atoms with E-state index in [2.05, 4.69) is 49.7 Å².